The summed E-state index contributed by atoms with van der Waals surface area (Å²) >= 11 is 1.61. The van der Waals surface area contributed by atoms with Crippen LogP contribution in [0.3, 0.4) is 0 Å². The first kappa shape index (κ1) is 11.8. The molecule has 0 aliphatic rings. The first-order valence-electron chi connectivity index (χ1n) is 5.42. The van der Waals surface area contributed by atoms with Gasteiger partial charge in [0.05, 0.1) is 0 Å². The highest BCUT2D eigenvalue weighted by Gasteiger charge is 2.04. The molecule has 1 heterocycles. The van der Waals surface area contributed by atoms with Gasteiger partial charge in [-0.25, -0.2) is 4.98 Å². The van der Waals surface area contributed by atoms with Crippen LogP contribution in [-0.2, 0) is 4.79 Å². The second-order valence-electron chi connectivity index (χ2n) is 3.65. The van der Waals surface area contributed by atoms with Crippen molar-refractivity contribution in [2.24, 2.45) is 0 Å². The Bertz CT molecular complexity index is 516. The smallest absolute Gasteiger partial charge is 0.310 e. The lowest BCUT2D eigenvalue weighted by atomic mass is 10.2. The summed E-state index contributed by atoms with van der Waals surface area (Å²) in [5.41, 5.74) is 2.06. The zero-order chi connectivity index (χ0) is 12.3. The van der Waals surface area contributed by atoms with E-state index in [1.807, 2.05) is 24.4 Å². The van der Waals surface area contributed by atoms with Crippen molar-refractivity contribution in [2.45, 2.75) is 20.3 Å². The average molecular weight is 247 g/mol. The minimum Gasteiger partial charge on any atom is -0.427 e. The largest absolute Gasteiger partial charge is 0.427 e. The molecule has 0 N–H and O–H groups in total. The molecule has 0 fully saturated rings. The topological polar surface area (TPSA) is 39.2 Å². The molecule has 1 aromatic carbocycles. The summed E-state index contributed by atoms with van der Waals surface area (Å²) < 4.78 is 5.10. The van der Waals surface area contributed by atoms with Gasteiger partial charge in [-0.05, 0) is 31.2 Å². The van der Waals surface area contributed by atoms with Gasteiger partial charge in [0.15, 0.2) is 0 Å². The fourth-order valence-corrected chi connectivity index (χ4v) is 2.16. The fourth-order valence-electron chi connectivity index (χ4n) is 1.36. The second kappa shape index (κ2) is 5.10. The molecule has 0 spiro atoms. The molecule has 0 atom stereocenters. The van der Waals surface area contributed by atoms with E-state index in [1.165, 1.54) is 0 Å². The summed E-state index contributed by atoms with van der Waals surface area (Å²) in [4.78, 5) is 15.5. The molecule has 4 heteroatoms. The molecule has 2 aromatic rings. The van der Waals surface area contributed by atoms with Gasteiger partial charge in [-0.1, -0.05) is 6.92 Å². The van der Waals surface area contributed by atoms with Crippen molar-refractivity contribution in [2.75, 3.05) is 0 Å². The Hall–Kier alpha value is -1.68. The van der Waals surface area contributed by atoms with E-state index < -0.39 is 0 Å². The van der Waals surface area contributed by atoms with Gasteiger partial charge < -0.3 is 4.74 Å². The molecule has 0 amide bonds. The van der Waals surface area contributed by atoms with Crippen LogP contribution in [0, 0.1) is 6.92 Å². The van der Waals surface area contributed by atoms with Crippen LogP contribution >= 0.6 is 11.3 Å². The monoisotopic (exact) mass is 247 g/mol. The minimum atomic E-state index is -0.220. The molecule has 0 aliphatic heterocycles. The fraction of sp³-hybridized carbons (Fsp3) is 0.231. The Labute approximate surface area is 104 Å². The first-order valence-corrected chi connectivity index (χ1v) is 6.30. The van der Waals surface area contributed by atoms with Crippen LogP contribution in [-0.4, -0.2) is 11.0 Å². The first-order chi connectivity index (χ1) is 8.19. The Morgan fingerprint density at radius 1 is 1.35 bits per heavy atom. The van der Waals surface area contributed by atoms with E-state index in [1.54, 1.807) is 30.4 Å². The predicted octanol–water partition coefficient (Wildman–Crippen LogP) is 3.43. The molecule has 0 bridgehead atoms. The second-order valence-corrected chi connectivity index (χ2v) is 4.50. The number of benzene rings is 1. The van der Waals surface area contributed by atoms with Crippen LogP contribution in [0.15, 0.2) is 29.6 Å². The van der Waals surface area contributed by atoms with Gasteiger partial charge in [-0.2, -0.15) is 0 Å². The molecule has 88 valence electrons. The third-order valence-electron chi connectivity index (χ3n) is 2.24. The number of thiazole rings is 1. The number of aryl methyl sites for hydroxylation is 1. The highest BCUT2D eigenvalue weighted by atomic mass is 32.1. The summed E-state index contributed by atoms with van der Waals surface area (Å²) in [6, 6.07) is 7.41. The Kier molecular flexibility index (Phi) is 3.54. The maximum absolute atomic E-state index is 11.1. The highest BCUT2D eigenvalue weighted by molar-refractivity contribution is 7.13. The quantitative estimate of drug-likeness (QED) is 0.616. The van der Waals surface area contributed by atoms with Crippen molar-refractivity contribution >= 4 is 17.3 Å². The van der Waals surface area contributed by atoms with Crippen molar-refractivity contribution in [3.63, 3.8) is 0 Å². The number of carbonyl (C=O) groups excluding carboxylic acids is 1. The highest BCUT2D eigenvalue weighted by Crippen LogP contribution is 2.25. The van der Waals surface area contributed by atoms with Gasteiger partial charge in [0.1, 0.15) is 10.8 Å². The summed E-state index contributed by atoms with van der Waals surface area (Å²) in [5, 5.41) is 3.00. The van der Waals surface area contributed by atoms with E-state index in [0.29, 0.717) is 12.2 Å². The van der Waals surface area contributed by atoms with E-state index in [0.717, 1.165) is 16.3 Å². The number of rotatable bonds is 3. The number of ether oxygens (including phenoxy) is 1. The maximum atomic E-state index is 11.1. The van der Waals surface area contributed by atoms with Crippen molar-refractivity contribution in [3.05, 3.63) is 35.3 Å². The van der Waals surface area contributed by atoms with Gasteiger partial charge in [0.2, 0.25) is 0 Å². The number of carbonyl (C=O) groups is 1. The third kappa shape index (κ3) is 2.91. The normalized spacial score (nSPS) is 10.2. The molecule has 0 aliphatic carbocycles. The molecule has 0 saturated heterocycles. The molecular formula is C13H13NO2S. The van der Waals surface area contributed by atoms with Crippen molar-refractivity contribution in [1.82, 2.24) is 4.98 Å². The summed E-state index contributed by atoms with van der Waals surface area (Å²) in [5.74, 6) is 0.358. The molecule has 0 saturated carbocycles. The standard InChI is InChI=1S/C13H13NO2S/c1-3-12(15)16-11-6-4-10(5-7-11)13-14-9(2)8-17-13/h4-8H,3H2,1-2H3. The van der Waals surface area contributed by atoms with Gasteiger partial charge in [0, 0.05) is 23.1 Å². The van der Waals surface area contributed by atoms with Crippen molar-refractivity contribution in [1.29, 1.82) is 0 Å². The van der Waals surface area contributed by atoms with E-state index in [4.69, 9.17) is 4.74 Å². The molecule has 0 unspecified atom stereocenters. The molecule has 2 rings (SSSR count). The van der Waals surface area contributed by atoms with Crippen LogP contribution in [0.5, 0.6) is 5.75 Å². The number of hydrogen-bond acceptors (Lipinski definition) is 4. The van der Waals surface area contributed by atoms with Crippen molar-refractivity contribution < 1.29 is 9.53 Å². The Morgan fingerprint density at radius 3 is 2.59 bits per heavy atom. The lowest BCUT2D eigenvalue weighted by molar-refractivity contribution is -0.134. The lowest BCUT2D eigenvalue weighted by Crippen LogP contribution is -2.05. The van der Waals surface area contributed by atoms with E-state index in [2.05, 4.69) is 4.98 Å². The summed E-state index contributed by atoms with van der Waals surface area (Å²) in [6.45, 7) is 3.74. The van der Waals surface area contributed by atoms with Gasteiger partial charge in [-0.15, -0.1) is 11.3 Å². The van der Waals surface area contributed by atoms with Gasteiger partial charge in [0.25, 0.3) is 0 Å². The SMILES string of the molecule is CCC(=O)Oc1ccc(-c2nc(C)cs2)cc1. The number of aromatic nitrogens is 1. The zero-order valence-corrected chi connectivity index (χ0v) is 10.6. The Balaban J connectivity index is 2.15. The van der Waals surface area contributed by atoms with Gasteiger partial charge in [-0.3, -0.25) is 4.79 Å². The maximum Gasteiger partial charge on any atom is 0.310 e. The molecule has 17 heavy (non-hydrogen) atoms. The number of hydrogen-bond donors (Lipinski definition) is 0. The van der Waals surface area contributed by atoms with Crippen LogP contribution < -0.4 is 4.74 Å². The molecule has 1 aromatic heterocycles. The third-order valence-corrected chi connectivity index (χ3v) is 3.25. The molecule has 0 radical (unpaired) electrons. The van der Waals surface area contributed by atoms with Crippen LogP contribution in [0.1, 0.15) is 19.0 Å². The van der Waals surface area contributed by atoms with Crippen LogP contribution in [0.25, 0.3) is 10.6 Å². The van der Waals surface area contributed by atoms with Crippen LogP contribution in [0.4, 0.5) is 0 Å². The predicted molar refractivity (Wildman–Crippen MR) is 68.2 cm³/mol. The zero-order valence-electron chi connectivity index (χ0n) is 9.77. The van der Waals surface area contributed by atoms with Crippen LogP contribution in [0.2, 0.25) is 0 Å². The summed E-state index contributed by atoms with van der Waals surface area (Å²) in [7, 11) is 0. The average Bonchev–Trinajstić information content (AvgIpc) is 2.77. The Morgan fingerprint density at radius 2 is 2.06 bits per heavy atom. The minimum absolute atomic E-state index is 0.220. The van der Waals surface area contributed by atoms with E-state index in [-0.39, 0.29) is 5.97 Å². The molecular weight excluding hydrogens is 234 g/mol. The van der Waals surface area contributed by atoms with E-state index in [9.17, 15) is 4.79 Å². The lowest BCUT2D eigenvalue weighted by Gasteiger charge is -2.02. The van der Waals surface area contributed by atoms with Gasteiger partial charge >= 0.3 is 5.97 Å². The number of esters is 1. The molecule has 3 nitrogen and oxygen atoms in total. The van der Waals surface area contributed by atoms with E-state index >= 15 is 0 Å². The van der Waals surface area contributed by atoms with Crippen molar-refractivity contribution in [3.8, 4) is 16.3 Å². The number of nitrogens with zero attached hydrogens (tertiary/aromatic N) is 1. The summed E-state index contributed by atoms with van der Waals surface area (Å²) in [6.07, 6.45) is 0.382.